The minimum atomic E-state index is -0.347. The largest absolute Gasteiger partial charge is 0.504 e. The summed E-state index contributed by atoms with van der Waals surface area (Å²) in [6, 6.07) is 5.44. The quantitative estimate of drug-likeness (QED) is 0.782. The Labute approximate surface area is 90.3 Å². The molecule has 0 saturated heterocycles. The standard InChI is InChI=1S/C12H18O3/c1-3-15-11-6-4-5-10(12(11)14)8-7-9(2)13/h4-6,9,13-14H,3,7-8H2,1-2H3. The van der Waals surface area contributed by atoms with Gasteiger partial charge in [-0.05, 0) is 38.3 Å². The van der Waals surface area contributed by atoms with Crippen LogP contribution in [0.4, 0.5) is 0 Å². The molecule has 0 radical (unpaired) electrons. The lowest BCUT2D eigenvalue weighted by atomic mass is 10.1. The highest BCUT2D eigenvalue weighted by atomic mass is 16.5. The van der Waals surface area contributed by atoms with E-state index in [1.807, 2.05) is 19.1 Å². The van der Waals surface area contributed by atoms with Gasteiger partial charge in [0.15, 0.2) is 11.5 Å². The number of para-hydroxylation sites is 1. The number of aromatic hydroxyl groups is 1. The van der Waals surface area contributed by atoms with Crippen molar-refractivity contribution in [1.82, 2.24) is 0 Å². The van der Waals surface area contributed by atoms with Crippen molar-refractivity contribution >= 4 is 0 Å². The molecule has 0 heterocycles. The van der Waals surface area contributed by atoms with Gasteiger partial charge >= 0.3 is 0 Å². The van der Waals surface area contributed by atoms with Gasteiger partial charge in [-0.2, -0.15) is 0 Å². The zero-order valence-corrected chi connectivity index (χ0v) is 9.23. The molecule has 3 nitrogen and oxygen atoms in total. The van der Waals surface area contributed by atoms with E-state index in [9.17, 15) is 5.11 Å². The highest BCUT2D eigenvalue weighted by molar-refractivity contribution is 5.45. The average Bonchev–Trinajstić information content (AvgIpc) is 2.19. The molecule has 1 rings (SSSR count). The first-order valence-corrected chi connectivity index (χ1v) is 5.26. The van der Waals surface area contributed by atoms with Crippen LogP contribution in [0.5, 0.6) is 11.5 Å². The summed E-state index contributed by atoms with van der Waals surface area (Å²) < 4.78 is 5.27. The van der Waals surface area contributed by atoms with E-state index in [0.29, 0.717) is 25.2 Å². The topological polar surface area (TPSA) is 49.7 Å². The summed E-state index contributed by atoms with van der Waals surface area (Å²) in [6.45, 7) is 4.15. The fraction of sp³-hybridized carbons (Fsp3) is 0.500. The number of aryl methyl sites for hydroxylation is 1. The molecule has 1 aromatic carbocycles. The molecule has 1 unspecified atom stereocenters. The van der Waals surface area contributed by atoms with Crippen molar-refractivity contribution in [3.8, 4) is 11.5 Å². The highest BCUT2D eigenvalue weighted by Crippen LogP contribution is 2.30. The van der Waals surface area contributed by atoms with Crippen molar-refractivity contribution < 1.29 is 14.9 Å². The molecular formula is C12H18O3. The molecule has 1 atom stereocenters. The van der Waals surface area contributed by atoms with E-state index in [4.69, 9.17) is 9.84 Å². The van der Waals surface area contributed by atoms with Gasteiger partial charge in [0.05, 0.1) is 12.7 Å². The van der Waals surface area contributed by atoms with Crippen molar-refractivity contribution in [2.75, 3.05) is 6.61 Å². The number of hydrogen-bond donors (Lipinski definition) is 2. The minimum absolute atomic E-state index is 0.194. The molecule has 0 amide bonds. The summed E-state index contributed by atoms with van der Waals surface area (Å²) in [4.78, 5) is 0. The minimum Gasteiger partial charge on any atom is -0.504 e. The molecule has 0 aliphatic rings. The Morgan fingerprint density at radius 3 is 2.73 bits per heavy atom. The van der Waals surface area contributed by atoms with Crippen LogP contribution in [0.15, 0.2) is 18.2 Å². The van der Waals surface area contributed by atoms with Gasteiger partial charge in [0, 0.05) is 0 Å². The summed E-state index contributed by atoms with van der Waals surface area (Å²) in [5, 5.41) is 19.0. The number of ether oxygens (including phenoxy) is 1. The molecule has 0 aromatic heterocycles. The van der Waals surface area contributed by atoms with Crippen LogP contribution in [0.2, 0.25) is 0 Å². The van der Waals surface area contributed by atoms with Crippen LogP contribution in [-0.2, 0) is 6.42 Å². The molecule has 0 bridgehead atoms. The Morgan fingerprint density at radius 1 is 1.40 bits per heavy atom. The van der Waals surface area contributed by atoms with E-state index < -0.39 is 0 Å². The van der Waals surface area contributed by atoms with E-state index in [1.165, 1.54) is 0 Å². The van der Waals surface area contributed by atoms with Gasteiger partial charge in [-0.3, -0.25) is 0 Å². The van der Waals surface area contributed by atoms with Gasteiger partial charge in [-0.25, -0.2) is 0 Å². The third-order valence-electron chi connectivity index (χ3n) is 2.21. The van der Waals surface area contributed by atoms with Gasteiger partial charge in [0.1, 0.15) is 0 Å². The zero-order chi connectivity index (χ0) is 11.3. The summed E-state index contributed by atoms with van der Waals surface area (Å²) in [5.74, 6) is 0.709. The lowest BCUT2D eigenvalue weighted by molar-refractivity contribution is 0.184. The molecule has 2 N–H and O–H groups in total. The Morgan fingerprint density at radius 2 is 2.13 bits per heavy atom. The fourth-order valence-corrected chi connectivity index (χ4v) is 1.41. The van der Waals surface area contributed by atoms with Crippen LogP contribution in [0.1, 0.15) is 25.8 Å². The molecule has 0 spiro atoms. The lowest BCUT2D eigenvalue weighted by Crippen LogP contribution is -2.02. The molecular weight excluding hydrogens is 192 g/mol. The van der Waals surface area contributed by atoms with Crippen molar-refractivity contribution in [1.29, 1.82) is 0 Å². The van der Waals surface area contributed by atoms with E-state index in [-0.39, 0.29) is 11.9 Å². The first kappa shape index (κ1) is 11.9. The Balaban J connectivity index is 2.75. The Kier molecular flexibility index (Phi) is 4.43. The second-order valence-corrected chi connectivity index (χ2v) is 3.58. The molecule has 0 aliphatic heterocycles. The molecule has 1 aromatic rings. The molecule has 15 heavy (non-hydrogen) atoms. The van der Waals surface area contributed by atoms with Gasteiger partial charge in [-0.1, -0.05) is 12.1 Å². The Bertz CT molecular complexity index is 308. The first-order chi connectivity index (χ1) is 7.15. The number of phenols is 1. The molecule has 0 saturated carbocycles. The van der Waals surface area contributed by atoms with Crippen molar-refractivity contribution in [2.24, 2.45) is 0 Å². The van der Waals surface area contributed by atoms with E-state index in [1.54, 1.807) is 13.0 Å². The van der Waals surface area contributed by atoms with Crippen LogP contribution in [0, 0.1) is 0 Å². The summed E-state index contributed by atoms with van der Waals surface area (Å²) in [5.41, 5.74) is 0.821. The maximum absolute atomic E-state index is 9.83. The number of aliphatic hydroxyl groups excluding tert-OH is 1. The number of aliphatic hydroxyl groups is 1. The van der Waals surface area contributed by atoms with Crippen molar-refractivity contribution in [2.45, 2.75) is 32.8 Å². The van der Waals surface area contributed by atoms with Gasteiger partial charge in [0.2, 0.25) is 0 Å². The molecule has 84 valence electrons. The summed E-state index contributed by atoms with van der Waals surface area (Å²) >= 11 is 0. The second-order valence-electron chi connectivity index (χ2n) is 3.58. The fourth-order valence-electron chi connectivity index (χ4n) is 1.41. The third kappa shape index (κ3) is 3.44. The molecule has 0 fully saturated rings. The van der Waals surface area contributed by atoms with E-state index in [0.717, 1.165) is 5.56 Å². The van der Waals surface area contributed by atoms with Gasteiger partial charge in [0.25, 0.3) is 0 Å². The predicted molar refractivity (Wildman–Crippen MR) is 59.3 cm³/mol. The summed E-state index contributed by atoms with van der Waals surface area (Å²) in [6.07, 6.45) is 0.952. The molecule has 3 heteroatoms. The van der Waals surface area contributed by atoms with Crippen LogP contribution < -0.4 is 4.74 Å². The lowest BCUT2D eigenvalue weighted by Gasteiger charge is -2.10. The highest BCUT2D eigenvalue weighted by Gasteiger charge is 2.08. The molecule has 0 aliphatic carbocycles. The monoisotopic (exact) mass is 210 g/mol. The SMILES string of the molecule is CCOc1cccc(CCC(C)O)c1O. The predicted octanol–water partition coefficient (Wildman–Crippen LogP) is 2.10. The second kappa shape index (κ2) is 5.61. The van der Waals surface area contributed by atoms with Crippen molar-refractivity contribution in [3.05, 3.63) is 23.8 Å². The normalized spacial score (nSPS) is 12.5. The van der Waals surface area contributed by atoms with Crippen LogP contribution in [0.25, 0.3) is 0 Å². The van der Waals surface area contributed by atoms with Crippen molar-refractivity contribution in [3.63, 3.8) is 0 Å². The number of benzene rings is 1. The van der Waals surface area contributed by atoms with Gasteiger partial charge in [-0.15, -0.1) is 0 Å². The maximum Gasteiger partial charge on any atom is 0.161 e. The van der Waals surface area contributed by atoms with Gasteiger partial charge < -0.3 is 14.9 Å². The zero-order valence-electron chi connectivity index (χ0n) is 9.23. The Hall–Kier alpha value is -1.22. The summed E-state index contributed by atoms with van der Waals surface area (Å²) in [7, 11) is 0. The van der Waals surface area contributed by atoms with Crippen LogP contribution in [0.3, 0.4) is 0 Å². The van der Waals surface area contributed by atoms with Crippen LogP contribution >= 0.6 is 0 Å². The van der Waals surface area contributed by atoms with E-state index >= 15 is 0 Å². The number of phenolic OH excluding ortho intramolecular Hbond substituents is 1. The third-order valence-corrected chi connectivity index (χ3v) is 2.21. The number of hydrogen-bond acceptors (Lipinski definition) is 3. The number of rotatable bonds is 5. The average molecular weight is 210 g/mol. The van der Waals surface area contributed by atoms with Crippen LogP contribution in [-0.4, -0.2) is 22.9 Å². The smallest absolute Gasteiger partial charge is 0.161 e. The van der Waals surface area contributed by atoms with E-state index in [2.05, 4.69) is 0 Å². The first-order valence-electron chi connectivity index (χ1n) is 5.26. The maximum atomic E-state index is 9.83.